The molecule has 0 heterocycles. The van der Waals surface area contributed by atoms with Crippen molar-refractivity contribution in [3.8, 4) is 5.75 Å². The summed E-state index contributed by atoms with van der Waals surface area (Å²) < 4.78 is 6.39. The Bertz CT molecular complexity index is 637. The van der Waals surface area contributed by atoms with Gasteiger partial charge < -0.3 is 4.74 Å². The third-order valence-electron chi connectivity index (χ3n) is 2.97. The Balaban J connectivity index is 1.76. The predicted octanol–water partition coefficient (Wildman–Crippen LogP) is 3.54. The summed E-state index contributed by atoms with van der Waals surface area (Å²) in [7, 11) is 0. The largest absolute Gasteiger partial charge is 0.484 e. The molecule has 5 heteroatoms. The quantitative estimate of drug-likeness (QED) is 0.632. The Labute approximate surface area is 138 Å². The van der Waals surface area contributed by atoms with E-state index < -0.39 is 0 Å². The Hall–Kier alpha value is -2.14. The smallest absolute Gasteiger partial charge is 0.277 e. The third-order valence-corrected chi connectivity index (χ3v) is 3.50. The normalized spacial score (nSPS) is 10.6. The van der Waals surface area contributed by atoms with Crippen LogP contribution in [0.5, 0.6) is 5.75 Å². The standard InChI is InChI=1S/C17H17BrN2O2/c1-2-13-5-9-16(10-6-13)22-12-17(21)20-19-11-14-3-7-15(18)8-4-14/h3-11H,2,12H2,1H3,(H,20,21). The molecule has 0 aromatic heterocycles. The first-order valence-corrected chi connectivity index (χ1v) is 7.76. The monoisotopic (exact) mass is 360 g/mol. The zero-order chi connectivity index (χ0) is 15.8. The molecule has 0 aliphatic carbocycles. The highest BCUT2D eigenvalue weighted by Gasteiger charge is 2.01. The van der Waals surface area contributed by atoms with E-state index in [2.05, 4.69) is 33.4 Å². The number of hydrogen-bond acceptors (Lipinski definition) is 3. The van der Waals surface area contributed by atoms with E-state index in [1.807, 2.05) is 48.5 Å². The predicted molar refractivity (Wildman–Crippen MR) is 91.2 cm³/mol. The van der Waals surface area contributed by atoms with E-state index in [-0.39, 0.29) is 12.5 Å². The van der Waals surface area contributed by atoms with Crippen LogP contribution >= 0.6 is 15.9 Å². The summed E-state index contributed by atoms with van der Waals surface area (Å²) in [5, 5.41) is 3.89. The maximum Gasteiger partial charge on any atom is 0.277 e. The number of aryl methyl sites for hydroxylation is 1. The topological polar surface area (TPSA) is 50.7 Å². The van der Waals surface area contributed by atoms with Gasteiger partial charge in [0.15, 0.2) is 6.61 Å². The molecule has 22 heavy (non-hydrogen) atoms. The number of benzene rings is 2. The molecule has 0 saturated heterocycles. The summed E-state index contributed by atoms with van der Waals surface area (Å²) in [6.45, 7) is 2.02. The van der Waals surface area contributed by atoms with E-state index in [1.165, 1.54) is 5.56 Å². The summed E-state index contributed by atoms with van der Waals surface area (Å²) in [5.74, 6) is 0.372. The molecule has 2 rings (SSSR count). The molecule has 0 saturated carbocycles. The lowest BCUT2D eigenvalue weighted by atomic mass is 10.2. The van der Waals surface area contributed by atoms with Crippen LogP contribution in [0.3, 0.4) is 0 Å². The molecular formula is C17H17BrN2O2. The maximum absolute atomic E-state index is 11.6. The minimum Gasteiger partial charge on any atom is -0.484 e. The first-order chi connectivity index (χ1) is 10.7. The minimum atomic E-state index is -0.298. The fourth-order valence-electron chi connectivity index (χ4n) is 1.73. The van der Waals surface area contributed by atoms with E-state index in [0.29, 0.717) is 5.75 Å². The average Bonchev–Trinajstić information content (AvgIpc) is 2.55. The molecule has 4 nitrogen and oxygen atoms in total. The van der Waals surface area contributed by atoms with Crippen LogP contribution in [0, 0.1) is 0 Å². The Morgan fingerprint density at radius 2 is 1.86 bits per heavy atom. The Kier molecular flexibility index (Phi) is 6.15. The van der Waals surface area contributed by atoms with Gasteiger partial charge in [0.1, 0.15) is 5.75 Å². The highest BCUT2D eigenvalue weighted by molar-refractivity contribution is 9.10. The van der Waals surface area contributed by atoms with Crippen molar-refractivity contribution in [2.75, 3.05) is 6.61 Å². The second-order valence-electron chi connectivity index (χ2n) is 4.63. The van der Waals surface area contributed by atoms with Gasteiger partial charge in [-0.25, -0.2) is 5.43 Å². The van der Waals surface area contributed by atoms with Crippen molar-refractivity contribution in [3.05, 3.63) is 64.1 Å². The van der Waals surface area contributed by atoms with Crippen molar-refractivity contribution in [3.63, 3.8) is 0 Å². The highest BCUT2D eigenvalue weighted by atomic mass is 79.9. The van der Waals surface area contributed by atoms with Crippen molar-refractivity contribution >= 4 is 28.1 Å². The van der Waals surface area contributed by atoms with E-state index in [0.717, 1.165) is 16.5 Å². The molecule has 1 N–H and O–H groups in total. The van der Waals surface area contributed by atoms with Crippen LogP contribution in [0.25, 0.3) is 0 Å². The summed E-state index contributed by atoms with van der Waals surface area (Å²) in [6, 6.07) is 15.3. The van der Waals surface area contributed by atoms with Crippen LogP contribution in [0.15, 0.2) is 58.1 Å². The van der Waals surface area contributed by atoms with E-state index in [9.17, 15) is 4.79 Å². The van der Waals surface area contributed by atoms with Gasteiger partial charge in [0.05, 0.1) is 6.21 Å². The average molecular weight is 361 g/mol. The van der Waals surface area contributed by atoms with Crippen molar-refractivity contribution < 1.29 is 9.53 Å². The van der Waals surface area contributed by atoms with E-state index >= 15 is 0 Å². The molecule has 0 radical (unpaired) electrons. The first-order valence-electron chi connectivity index (χ1n) is 6.96. The molecule has 0 fully saturated rings. The first kappa shape index (κ1) is 16.2. The van der Waals surface area contributed by atoms with Gasteiger partial charge in [-0.1, -0.05) is 47.1 Å². The molecule has 2 aromatic carbocycles. The lowest BCUT2D eigenvalue weighted by Gasteiger charge is -2.05. The number of carbonyl (C=O) groups is 1. The number of ether oxygens (including phenoxy) is 1. The molecule has 0 unspecified atom stereocenters. The lowest BCUT2D eigenvalue weighted by Crippen LogP contribution is -2.24. The van der Waals surface area contributed by atoms with Gasteiger partial charge in [0.25, 0.3) is 5.91 Å². The molecule has 1 amide bonds. The summed E-state index contributed by atoms with van der Waals surface area (Å²) in [4.78, 5) is 11.6. The summed E-state index contributed by atoms with van der Waals surface area (Å²) in [5.41, 5.74) is 4.57. The second kappa shape index (κ2) is 8.34. The summed E-state index contributed by atoms with van der Waals surface area (Å²) in [6.07, 6.45) is 2.56. The number of amides is 1. The fraction of sp³-hybridized carbons (Fsp3) is 0.176. The van der Waals surface area contributed by atoms with E-state index in [4.69, 9.17) is 4.74 Å². The number of nitrogens with one attached hydrogen (secondary N) is 1. The van der Waals surface area contributed by atoms with Gasteiger partial charge >= 0.3 is 0 Å². The van der Waals surface area contributed by atoms with Crippen LogP contribution < -0.4 is 10.2 Å². The summed E-state index contributed by atoms with van der Waals surface area (Å²) >= 11 is 3.36. The number of carbonyl (C=O) groups excluding carboxylic acids is 1. The van der Waals surface area contributed by atoms with Crippen molar-refractivity contribution in [1.82, 2.24) is 5.43 Å². The zero-order valence-corrected chi connectivity index (χ0v) is 13.8. The minimum absolute atomic E-state index is 0.0663. The number of halogens is 1. The SMILES string of the molecule is CCc1ccc(OCC(=O)NN=Cc2ccc(Br)cc2)cc1. The zero-order valence-electron chi connectivity index (χ0n) is 12.3. The Morgan fingerprint density at radius 1 is 1.18 bits per heavy atom. The van der Waals surface area contributed by atoms with Gasteiger partial charge in [-0.3, -0.25) is 4.79 Å². The number of rotatable bonds is 6. The number of hydrogen-bond donors (Lipinski definition) is 1. The lowest BCUT2D eigenvalue weighted by molar-refractivity contribution is -0.123. The van der Waals surface area contributed by atoms with Gasteiger partial charge in [0.2, 0.25) is 0 Å². The van der Waals surface area contributed by atoms with Crippen LogP contribution in [0.2, 0.25) is 0 Å². The van der Waals surface area contributed by atoms with Crippen molar-refractivity contribution in [1.29, 1.82) is 0 Å². The Morgan fingerprint density at radius 3 is 2.50 bits per heavy atom. The molecular weight excluding hydrogens is 344 g/mol. The highest BCUT2D eigenvalue weighted by Crippen LogP contribution is 2.12. The molecule has 0 bridgehead atoms. The molecule has 0 aliphatic heterocycles. The molecule has 0 spiro atoms. The molecule has 114 valence electrons. The molecule has 0 atom stereocenters. The second-order valence-corrected chi connectivity index (χ2v) is 5.55. The molecule has 0 aliphatic rings. The fourth-order valence-corrected chi connectivity index (χ4v) is 1.99. The van der Waals surface area contributed by atoms with Crippen LogP contribution in [-0.2, 0) is 11.2 Å². The maximum atomic E-state index is 11.6. The van der Waals surface area contributed by atoms with Crippen LogP contribution in [0.4, 0.5) is 0 Å². The molecule has 2 aromatic rings. The number of nitrogens with zero attached hydrogens (tertiary/aromatic N) is 1. The van der Waals surface area contributed by atoms with Crippen LogP contribution in [-0.4, -0.2) is 18.7 Å². The van der Waals surface area contributed by atoms with Gasteiger partial charge in [-0.15, -0.1) is 0 Å². The van der Waals surface area contributed by atoms with Crippen molar-refractivity contribution in [2.45, 2.75) is 13.3 Å². The van der Waals surface area contributed by atoms with Crippen LogP contribution in [0.1, 0.15) is 18.1 Å². The number of hydrazone groups is 1. The van der Waals surface area contributed by atoms with Crippen molar-refractivity contribution in [2.24, 2.45) is 5.10 Å². The van der Waals surface area contributed by atoms with Gasteiger partial charge in [-0.2, -0.15) is 5.10 Å². The third kappa shape index (κ3) is 5.33. The van der Waals surface area contributed by atoms with E-state index in [1.54, 1.807) is 6.21 Å². The van der Waals surface area contributed by atoms with Gasteiger partial charge in [0, 0.05) is 4.47 Å². The van der Waals surface area contributed by atoms with Gasteiger partial charge in [-0.05, 0) is 41.8 Å².